The van der Waals surface area contributed by atoms with Crippen LogP contribution in [0.5, 0.6) is 5.75 Å². The first-order valence-electron chi connectivity index (χ1n) is 6.05. The lowest BCUT2D eigenvalue weighted by Gasteiger charge is -2.30. The highest BCUT2D eigenvalue weighted by Crippen LogP contribution is 2.42. The Labute approximate surface area is 126 Å². The molecule has 1 rings (SSSR count). The summed E-state index contributed by atoms with van der Waals surface area (Å²) in [7, 11) is -1.86. The van der Waals surface area contributed by atoms with Gasteiger partial charge in [0.25, 0.3) is 0 Å². The number of rotatable bonds is 6. The second kappa shape index (κ2) is 6.66. The lowest BCUT2D eigenvalue weighted by molar-refractivity contribution is 0.542. The summed E-state index contributed by atoms with van der Waals surface area (Å²) in [6.07, 6.45) is 0.900. The Morgan fingerprint density at radius 1 is 1.11 bits per heavy atom. The molecule has 0 aliphatic heterocycles. The fourth-order valence-corrected chi connectivity index (χ4v) is 10.6. The minimum absolute atomic E-state index is 0.174. The fraction of sp³-hybridized carbons (Fsp3) is 0.500. The molecule has 1 unspecified atom stereocenters. The number of hydrogen-bond acceptors (Lipinski definition) is 1. The van der Waals surface area contributed by atoms with E-state index >= 15 is 0 Å². The highest BCUT2D eigenvalue weighted by atomic mass is 35.8. The molecule has 1 atom stereocenters. The van der Waals surface area contributed by atoms with Crippen LogP contribution in [0.25, 0.3) is 0 Å². The monoisotopic (exact) mass is 340 g/mol. The van der Waals surface area contributed by atoms with E-state index in [9.17, 15) is 0 Å². The van der Waals surface area contributed by atoms with Gasteiger partial charge in [-0.1, -0.05) is 31.5 Å². The van der Waals surface area contributed by atoms with Crippen molar-refractivity contribution in [3.63, 3.8) is 0 Å². The number of para-hydroxylation sites is 1. The third-order valence-electron chi connectivity index (χ3n) is 2.83. The second-order valence-corrected chi connectivity index (χ2v) is 18.2. The van der Waals surface area contributed by atoms with Crippen molar-refractivity contribution in [1.29, 1.82) is 0 Å². The predicted octanol–water partition coefficient (Wildman–Crippen LogP) is 5.71. The van der Waals surface area contributed by atoms with Crippen LogP contribution in [0.2, 0.25) is 24.7 Å². The average molecular weight is 342 g/mol. The maximum atomic E-state index is 6.14. The van der Waals surface area contributed by atoms with Gasteiger partial charge in [-0.3, -0.25) is 0 Å². The minimum atomic E-state index is -2.64. The van der Waals surface area contributed by atoms with Crippen molar-refractivity contribution in [3.8, 4) is 5.75 Å². The van der Waals surface area contributed by atoms with Crippen LogP contribution in [0.3, 0.4) is 0 Å². The van der Waals surface area contributed by atoms with Crippen LogP contribution in [-0.2, 0) is 0 Å². The zero-order valence-corrected chi connectivity index (χ0v) is 15.2. The molecule has 0 fully saturated rings. The van der Waals surface area contributed by atoms with Gasteiger partial charge in [-0.25, -0.2) is 0 Å². The summed E-state index contributed by atoms with van der Waals surface area (Å²) in [6.45, 7) is 6.42. The molecule has 0 aliphatic rings. The van der Waals surface area contributed by atoms with Gasteiger partial charge in [0.1, 0.15) is 5.75 Å². The number of halogens is 3. The molecule has 0 radical (unpaired) electrons. The third-order valence-corrected chi connectivity index (χ3v) is 9.82. The van der Waals surface area contributed by atoms with Crippen molar-refractivity contribution in [1.82, 2.24) is 0 Å². The summed E-state index contributed by atoms with van der Waals surface area (Å²) in [5, 5.41) is 0. The van der Waals surface area contributed by atoms with E-state index in [1.807, 2.05) is 30.3 Å². The van der Waals surface area contributed by atoms with E-state index in [0.717, 1.165) is 18.2 Å². The summed E-state index contributed by atoms with van der Waals surface area (Å²) in [4.78, 5) is 0. The van der Waals surface area contributed by atoms with Crippen LogP contribution < -0.4 is 4.43 Å². The summed E-state index contributed by atoms with van der Waals surface area (Å²) in [5.74, 6) is 0.912. The van der Waals surface area contributed by atoms with Crippen molar-refractivity contribution in [3.05, 3.63) is 30.3 Å². The minimum Gasteiger partial charge on any atom is -0.544 e. The van der Waals surface area contributed by atoms with Crippen molar-refractivity contribution in [2.45, 2.75) is 38.0 Å². The van der Waals surface area contributed by atoms with Gasteiger partial charge >= 0.3 is 6.00 Å². The normalized spacial score (nSPS) is 14.3. The summed E-state index contributed by atoms with van der Waals surface area (Å²) in [5.41, 5.74) is 0.174. The Balaban J connectivity index is 2.69. The molecule has 102 valence electrons. The molecular formula is C12H19Cl3OSi2. The summed E-state index contributed by atoms with van der Waals surface area (Å²) in [6, 6.07) is 8.12. The van der Waals surface area contributed by atoms with Gasteiger partial charge in [0.2, 0.25) is 8.32 Å². The van der Waals surface area contributed by atoms with Crippen molar-refractivity contribution >= 4 is 47.6 Å². The molecule has 1 aromatic carbocycles. The first kappa shape index (κ1) is 16.4. The Bertz CT molecular complexity index is 365. The van der Waals surface area contributed by atoms with Crippen molar-refractivity contribution in [2.24, 2.45) is 0 Å². The van der Waals surface area contributed by atoms with Gasteiger partial charge in [-0.2, -0.15) is 0 Å². The molecule has 6 heteroatoms. The van der Waals surface area contributed by atoms with E-state index in [-0.39, 0.29) is 5.54 Å². The van der Waals surface area contributed by atoms with Gasteiger partial charge in [0, 0.05) is 0 Å². The van der Waals surface area contributed by atoms with Crippen LogP contribution in [0, 0.1) is 0 Å². The zero-order valence-electron chi connectivity index (χ0n) is 10.9. The van der Waals surface area contributed by atoms with E-state index in [0.29, 0.717) is 0 Å². The fourth-order valence-electron chi connectivity index (χ4n) is 1.93. The predicted molar refractivity (Wildman–Crippen MR) is 86.7 cm³/mol. The largest absolute Gasteiger partial charge is 0.544 e. The van der Waals surface area contributed by atoms with E-state index in [1.54, 1.807) is 0 Å². The summed E-state index contributed by atoms with van der Waals surface area (Å²) < 4.78 is 6.11. The van der Waals surface area contributed by atoms with Crippen LogP contribution in [0.4, 0.5) is 0 Å². The SMILES string of the molecule is CCC(C[Si](C)(C)Oc1ccccc1)[Si](Cl)(Cl)Cl. The van der Waals surface area contributed by atoms with E-state index < -0.39 is 14.3 Å². The molecular weight excluding hydrogens is 323 g/mol. The first-order chi connectivity index (χ1) is 8.24. The van der Waals surface area contributed by atoms with Crippen molar-refractivity contribution < 1.29 is 4.43 Å². The molecule has 0 saturated carbocycles. The highest BCUT2D eigenvalue weighted by molar-refractivity contribution is 7.65. The molecule has 0 amide bonds. The van der Waals surface area contributed by atoms with E-state index in [2.05, 4.69) is 20.0 Å². The average Bonchev–Trinajstić information content (AvgIpc) is 2.25. The molecule has 0 spiro atoms. The maximum Gasteiger partial charge on any atom is 0.344 e. The van der Waals surface area contributed by atoms with Crippen LogP contribution >= 0.6 is 33.2 Å². The van der Waals surface area contributed by atoms with Crippen molar-refractivity contribution in [2.75, 3.05) is 0 Å². The van der Waals surface area contributed by atoms with Crippen LogP contribution in [0.15, 0.2) is 30.3 Å². The van der Waals surface area contributed by atoms with Gasteiger partial charge in [-0.05, 0) is 36.8 Å². The molecule has 0 saturated heterocycles. The molecule has 18 heavy (non-hydrogen) atoms. The quantitative estimate of drug-likeness (QED) is 0.476. The highest BCUT2D eigenvalue weighted by Gasteiger charge is 2.41. The Morgan fingerprint density at radius 2 is 1.67 bits per heavy atom. The number of hydrogen-bond donors (Lipinski definition) is 0. The second-order valence-electron chi connectivity index (χ2n) is 5.03. The van der Waals surface area contributed by atoms with E-state index in [1.165, 1.54) is 0 Å². The van der Waals surface area contributed by atoms with Gasteiger partial charge in [0.15, 0.2) is 0 Å². The summed E-state index contributed by atoms with van der Waals surface area (Å²) >= 11 is 18.4. The third kappa shape index (κ3) is 5.53. The maximum absolute atomic E-state index is 6.14. The van der Waals surface area contributed by atoms with E-state index in [4.69, 9.17) is 37.7 Å². The molecule has 0 heterocycles. The van der Waals surface area contributed by atoms with Crippen LogP contribution in [0.1, 0.15) is 13.3 Å². The Hall–Kier alpha value is 0.324. The van der Waals surface area contributed by atoms with Gasteiger partial charge in [0.05, 0.1) is 0 Å². The smallest absolute Gasteiger partial charge is 0.344 e. The molecule has 0 N–H and O–H groups in total. The molecule has 1 nitrogen and oxygen atoms in total. The molecule has 0 bridgehead atoms. The van der Waals surface area contributed by atoms with Gasteiger partial charge < -0.3 is 4.43 Å². The topological polar surface area (TPSA) is 9.23 Å². The Kier molecular flexibility index (Phi) is 6.06. The molecule has 0 aliphatic carbocycles. The lowest BCUT2D eigenvalue weighted by Crippen LogP contribution is -2.38. The standard InChI is InChI=1S/C12H19Cl3OSi2/c1-4-12(18(13,14)15)10-17(2,3)16-11-8-6-5-7-9-11/h5-9,12H,4,10H2,1-3H3. The Morgan fingerprint density at radius 3 is 2.11 bits per heavy atom. The zero-order chi connectivity index (χ0) is 13.8. The number of benzene rings is 1. The lowest BCUT2D eigenvalue weighted by atomic mass is 10.3. The first-order valence-corrected chi connectivity index (χ1v) is 14.3. The van der Waals surface area contributed by atoms with Crippen LogP contribution in [-0.4, -0.2) is 14.3 Å². The molecule has 1 aromatic rings. The van der Waals surface area contributed by atoms with Gasteiger partial charge in [-0.15, -0.1) is 33.2 Å². The molecule has 0 aromatic heterocycles.